The molecule has 1 unspecified atom stereocenters. The highest BCUT2D eigenvalue weighted by Crippen LogP contribution is 2.21. The summed E-state index contributed by atoms with van der Waals surface area (Å²) >= 11 is 1.45. The Bertz CT molecular complexity index is 288. The van der Waals surface area contributed by atoms with E-state index in [1.165, 1.54) is 11.8 Å². The van der Waals surface area contributed by atoms with Gasteiger partial charge in [0.2, 0.25) is 0 Å². The third-order valence-corrected chi connectivity index (χ3v) is 2.74. The van der Waals surface area contributed by atoms with Crippen LogP contribution in [0.1, 0.15) is 13.3 Å². The first kappa shape index (κ1) is 9.07. The molecule has 0 radical (unpaired) electrons. The smallest absolute Gasteiger partial charge is 0.192 e. The zero-order valence-corrected chi connectivity index (χ0v) is 7.88. The van der Waals surface area contributed by atoms with E-state index in [9.17, 15) is 0 Å². The molecule has 0 aromatic carbocycles. The van der Waals surface area contributed by atoms with Crippen molar-refractivity contribution in [1.29, 1.82) is 5.26 Å². The molecule has 1 rings (SSSR count). The van der Waals surface area contributed by atoms with Gasteiger partial charge in [-0.3, -0.25) is 0 Å². The lowest BCUT2D eigenvalue weighted by molar-refractivity contribution is 0.784. The van der Waals surface area contributed by atoms with E-state index in [0.717, 1.165) is 11.6 Å². The molecule has 1 heterocycles. The Morgan fingerprint density at radius 1 is 1.83 bits per heavy atom. The Labute approximate surface area is 75.6 Å². The Morgan fingerprint density at radius 3 is 3.00 bits per heavy atom. The average molecular weight is 182 g/mol. The normalized spacial score (nSPS) is 12.4. The molecular formula is C7H10N4S. The largest absolute Gasteiger partial charge is 0.312 e. The molecule has 64 valence electrons. The van der Waals surface area contributed by atoms with Crippen LogP contribution in [0, 0.1) is 11.3 Å². The first-order valence-corrected chi connectivity index (χ1v) is 4.56. The van der Waals surface area contributed by atoms with Crippen molar-refractivity contribution in [3.63, 3.8) is 0 Å². The summed E-state index contributed by atoms with van der Waals surface area (Å²) in [6, 6.07) is 2.20. The minimum Gasteiger partial charge on any atom is -0.312 e. The molecule has 4 nitrogen and oxygen atoms in total. The maximum atomic E-state index is 8.69. The highest BCUT2D eigenvalue weighted by Gasteiger charge is 2.09. The van der Waals surface area contributed by atoms with Crippen LogP contribution in [0.15, 0.2) is 11.5 Å². The summed E-state index contributed by atoms with van der Waals surface area (Å²) in [6.45, 7) is 1.98. The maximum absolute atomic E-state index is 8.69. The van der Waals surface area contributed by atoms with Gasteiger partial charge in [-0.1, -0.05) is 18.7 Å². The van der Waals surface area contributed by atoms with Crippen molar-refractivity contribution in [3.8, 4) is 6.07 Å². The molecule has 0 saturated carbocycles. The number of aromatic nitrogens is 3. The predicted molar refractivity (Wildman–Crippen MR) is 46.6 cm³/mol. The molecule has 0 amide bonds. The van der Waals surface area contributed by atoms with Crippen molar-refractivity contribution in [2.75, 3.05) is 0 Å². The van der Waals surface area contributed by atoms with E-state index in [2.05, 4.69) is 16.3 Å². The van der Waals surface area contributed by atoms with Crippen molar-refractivity contribution in [2.24, 2.45) is 7.05 Å². The van der Waals surface area contributed by atoms with E-state index in [1.54, 1.807) is 6.33 Å². The predicted octanol–water partition coefficient (Wildman–Crippen LogP) is 1.21. The number of hydrogen-bond donors (Lipinski definition) is 0. The van der Waals surface area contributed by atoms with E-state index in [0.29, 0.717) is 0 Å². The van der Waals surface area contributed by atoms with Crippen LogP contribution in [0.2, 0.25) is 0 Å². The zero-order chi connectivity index (χ0) is 8.97. The third kappa shape index (κ3) is 1.98. The zero-order valence-electron chi connectivity index (χ0n) is 7.06. The number of nitrogens with zero attached hydrogens (tertiary/aromatic N) is 4. The monoisotopic (exact) mass is 182 g/mol. The van der Waals surface area contributed by atoms with Gasteiger partial charge in [-0.15, -0.1) is 10.2 Å². The van der Waals surface area contributed by atoms with Crippen molar-refractivity contribution in [2.45, 2.75) is 23.8 Å². The summed E-state index contributed by atoms with van der Waals surface area (Å²) in [6.07, 6.45) is 2.46. The number of nitriles is 1. The molecule has 5 heteroatoms. The van der Waals surface area contributed by atoms with Crippen LogP contribution in [0.25, 0.3) is 0 Å². The van der Waals surface area contributed by atoms with Crippen LogP contribution in [-0.4, -0.2) is 20.0 Å². The minimum absolute atomic E-state index is 0.0205. The molecule has 0 bridgehead atoms. The van der Waals surface area contributed by atoms with Crippen LogP contribution >= 0.6 is 11.8 Å². The Morgan fingerprint density at radius 2 is 2.58 bits per heavy atom. The van der Waals surface area contributed by atoms with Crippen molar-refractivity contribution in [1.82, 2.24) is 14.8 Å². The second kappa shape index (κ2) is 4.12. The Balaban J connectivity index is 2.64. The van der Waals surface area contributed by atoms with Crippen LogP contribution in [0.3, 0.4) is 0 Å². The summed E-state index contributed by atoms with van der Waals surface area (Å²) in [5.74, 6) is 0. The van der Waals surface area contributed by atoms with Gasteiger partial charge in [0, 0.05) is 7.05 Å². The quantitative estimate of drug-likeness (QED) is 0.659. The first-order chi connectivity index (χ1) is 5.77. The van der Waals surface area contributed by atoms with Gasteiger partial charge in [-0.2, -0.15) is 5.26 Å². The summed E-state index contributed by atoms with van der Waals surface area (Å²) in [5, 5.41) is 17.1. The molecule has 0 spiro atoms. The molecule has 0 aliphatic heterocycles. The van der Waals surface area contributed by atoms with Gasteiger partial charge in [0.15, 0.2) is 5.16 Å². The van der Waals surface area contributed by atoms with E-state index in [4.69, 9.17) is 5.26 Å². The Hall–Kier alpha value is -1.02. The Kier molecular flexibility index (Phi) is 3.11. The summed E-state index contributed by atoms with van der Waals surface area (Å²) in [5.41, 5.74) is 0. The van der Waals surface area contributed by atoms with Gasteiger partial charge in [-0.25, -0.2) is 0 Å². The van der Waals surface area contributed by atoms with Crippen LogP contribution in [-0.2, 0) is 7.05 Å². The van der Waals surface area contributed by atoms with Gasteiger partial charge in [0.05, 0.1) is 11.3 Å². The fourth-order valence-corrected chi connectivity index (χ4v) is 1.49. The second-order valence-electron chi connectivity index (χ2n) is 2.37. The lowest BCUT2D eigenvalue weighted by Gasteiger charge is -2.02. The lowest BCUT2D eigenvalue weighted by atomic mass is 10.4. The number of aryl methyl sites for hydroxylation is 1. The summed E-state index contributed by atoms with van der Waals surface area (Å²) < 4.78 is 1.81. The van der Waals surface area contributed by atoms with Gasteiger partial charge >= 0.3 is 0 Å². The fraction of sp³-hybridized carbons (Fsp3) is 0.571. The van der Waals surface area contributed by atoms with Crippen LogP contribution < -0.4 is 0 Å². The van der Waals surface area contributed by atoms with Crippen LogP contribution in [0.5, 0.6) is 0 Å². The topological polar surface area (TPSA) is 54.5 Å². The second-order valence-corrected chi connectivity index (χ2v) is 3.54. The van der Waals surface area contributed by atoms with E-state index in [1.807, 2.05) is 18.5 Å². The summed E-state index contributed by atoms with van der Waals surface area (Å²) in [7, 11) is 1.87. The molecule has 0 fully saturated rings. The van der Waals surface area contributed by atoms with Gasteiger partial charge in [-0.05, 0) is 6.42 Å². The van der Waals surface area contributed by atoms with Gasteiger partial charge in [0.1, 0.15) is 6.33 Å². The van der Waals surface area contributed by atoms with E-state index < -0.39 is 0 Å². The first-order valence-electron chi connectivity index (χ1n) is 3.68. The molecule has 1 aromatic heterocycles. The third-order valence-electron chi connectivity index (χ3n) is 1.43. The molecule has 0 N–H and O–H groups in total. The molecule has 0 aliphatic carbocycles. The molecule has 0 saturated heterocycles. The van der Waals surface area contributed by atoms with Crippen molar-refractivity contribution in [3.05, 3.63) is 6.33 Å². The van der Waals surface area contributed by atoms with Crippen molar-refractivity contribution >= 4 is 11.8 Å². The summed E-state index contributed by atoms with van der Waals surface area (Å²) in [4.78, 5) is 0. The van der Waals surface area contributed by atoms with Crippen molar-refractivity contribution < 1.29 is 0 Å². The lowest BCUT2D eigenvalue weighted by Crippen LogP contribution is -1.99. The van der Waals surface area contributed by atoms with E-state index in [-0.39, 0.29) is 5.25 Å². The van der Waals surface area contributed by atoms with Gasteiger partial charge < -0.3 is 4.57 Å². The average Bonchev–Trinajstić information content (AvgIpc) is 2.47. The highest BCUT2D eigenvalue weighted by atomic mass is 32.2. The molecule has 0 aliphatic rings. The molecule has 12 heavy (non-hydrogen) atoms. The molecular weight excluding hydrogens is 172 g/mol. The van der Waals surface area contributed by atoms with Crippen LogP contribution in [0.4, 0.5) is 0 Å². The van der Waals surface area contributed by atoms with Gasteiger partial charge in [0.25, 0.3) is 0 Å². The molecule has 1 aromatic rings. The number of hydrogen-bond acceptors (Lipinski definition) is 4. The fourth-order valence-electron chi connectivity index (χ4n) is 0.708. The van der Waals surface area contributed by atoms with E-state index >= 15 is 0 Å². The molecule has 1 atom stereocenters. The number of thioether (sulfide) groups is 1. The standard InChI is InChI=1S/C7H10N4S/c1-3-6(4-8)12-7-10-9-5-11(7)2/h5-6H,3H2,1-2H3. The SMILES string of the molecule is CCC(C#N)Sc1nncn1C. The highest BCUT2D eigenvalue weighted by molar-refractivity contribution is 8.00. The number of rotatable bonds is 3. The maximum Gasteiger partial charge on any atom is 0.192 e. The minimum atomic E-state index is -0.0205.